The van der Waals surface area contributed by atoms with Gasteiger partial charge in [0.1, 0.15) is 5.82 Å². The summed E-state index contributed by atoms with van der Waals surface area (Å²) in [5.74, 6) is -0.0806. The van der Waals surface area contributed by atoms with Crippen LogP contribution in [-0.4, -0.2) is 36.1 Å². The molecule has 2 aliphatic rings. The first kappa shape index (κ1) is 15.1. The predicted octanol–water partition coefficient (Wildman–Crippen LogP) is 3.77. The molecule has 0 aliphatic carbocycles. The number of thiazole rings is 1. The maximum Gasteiger partial charge on any atom is 0.185 e. The lowest BCUT2D eigenvalue weighted by molar-refractivity contribution is 0.0982. The molecule has 2 aliphatic heterocycles. The van der Waals surface area contributed by atoms with E-state index in [2.05, 4.69) is 14.8 Å². The Morgan fingerprint density at radius 3 is 2.91 bits per heavy atom. The van der Waals surface area contributed by atoms with Crippen LogP contribution in [0.4, 0.5) is 9.52 Å². The van der Waals surface area contributed by atoms with Gasteiger partial charge >= 0.3 is 0 Å². The van der Waals surface area contributed by atoms with Gasteiger partial charge in [0, 0.05) is 48.7 Å². The van der Waals surface area contributed by atoms with E-state index in [4.69, 9.17) is 0 Å². The fourth-order valence-electron chi connectivity index (χ4n) is 4.12. The van der Waals surface area contributed by atoms with Crippen LogP contribution < -0.4 is 4.90 Å². The Morgan fingerprint density at radius 2 is 2.09 bits per heavy atom. The number of hydrogen-bond donors (Lipinski definition) is 0. The summed E-state index contributed by atoms with van der Waals surface area (Å²) < 4.78 is 13.9. The Hall–Kier alpha value is -1.46. The summed E-state index contributed by atoms with van der Waals surface area (Å²) in [6, 6.07) is 7.17. The van der Waals surface area contributed by atoms with Crippen LogP contribution in [0.5, 0.6) is 0 Å². The third kappa shape index (κ3) is 3.12. The molecule has 0 N–H and O–H groups in total. The molecule has 1 aromatic heterocycles. The van der Waals surface area contributed by atoms with E-state index in [9.17, 15) is 4.39 Å². The third-order valence-corrected chi connectivity index (χ3v) is 6.05. The van der Waals surface area contributed by atoms with Crippen LogP contribution in [-0.2, 0) is 6.54 Å². The lowest BCUT2D eigenvalue weighted by Crippen LogP contribution is -2.44. The molecule has 2 saturated heterocycles. The molecule has 3 heterocycles. The summed E-state index contributed by atoms with van der Waals surface area (Å²) in [7, 11) is 0. The number of benzene rings is 1. The molecule has 3 nitrogen and oxygen atoms in total. The Balaban J connectivity index is 1.44. The van der Waals surface area contributed by atoms with E-state index in [0.29, 0.717) is 5.41 Å². The molecule has 1 aromatic carbocycles. The van der Waals surface area contributed by atoms with Crippen molar-refractivity contribution in [2.75, 3.05) is 31.1 Å². The highest BCUT2D eigenvalue weighted by Crippen LogP contribution is 2.41. The van der Waals surface area contributed by atoms with Crippen LogP contribution in [0.25, 0.3) is 0 Å². The van der Waals surface area contributed by atoms with Gasteiger partial charge in [0.05, 0.1) is 0 Å². The molecule has 0 radical (unpaired) electrons. The van der Waals surface area contributed by atoms with Crippen molar-refractivity contribution in [1.82, 2.24) is 9.88 Å². The molecule has 1 atom stereocenters. The summed E-state index contributed by atoms with van der Waals surface area (Å²) >= 11 is 1.72. The average Bonchev–Trinajstić information content (AvgIpc) is 3.20. The van der Waals surface area contributed by atoms with Gasteiger partial charge in [-0.2, -0.15) is 0 Å². The first-order valence-electron chi connectivity index (χ1n) is 8.34. The van der Waals surface area contributed by atoms with Crippen molar-refractivity contribution < 1.29 is 4.39 Å². The van der Waals surface area contributed by atoms with Crippen molar-refractivity contribution in [3.63, 3.8) is 0 Å². The SMILES string of the molecule is Fc1ccccc1CN1CCCC2(CCN(c3nccs3)C2)C1. The van der Waals surface area contributed by atoms with Crippen LogP contribution in [0.1, 0.15) is 24.8 Å². The number of hydrogen-bond acceptors (Lipinski definition) is 4. The minimum absolute atomic E-state index is 0.0806. The van der Waals surface area contributed by atoms with E-state index < -0.39 is 0 Å². The van der Waals surface area contributed by atoms with E-state index in [1.165, 1.54) is 19.3 Å². The highest BCUT2D eigenvalue weighted by atomic mass is 32.1. The smallest absolute Gasteiger partial charge is 0.185 e. The molecule has 5 heteroatoms. The van der Waals surface area contributed by atoms with Gasteiger partial charge in [-0.15, -0.1) is 11.3 Å². The molecule has 0 amide bonds. The average molecular weight is 331 g/mol. The van der Waals surface area contributed by atoms with Crippen LogP contribution in [0.3, 0.4) is 0 Å². The Morgan fingerprint density at radius 1 is 1.17 bits per heavy atom. The van der Waals surface area contributed by atoms with Crippen molar-refractivity contribution in [2.45, 2.75) is 25.8 Å². The highest BCUT2D eigenvalue weighted by molar-refractivity contribution is 7.13. The summed E-state index contributed by atoms with van der Waals surface area (Å²) in [5, 5.41) is 3.19. The van der Waals surface area contributed by atoms with Crippen molar-refractivity contribution in [3.05, 3.63) is 47.2 Å². The molecule has 122 valence electrons. The summed E-state index contributed by atoms with van der Waals surface area (Å²) in [6.45, 7) is 5.07. The number of piperidine rings is 1. The Labute approximate surface area is 140 Å². The Bertz CT molecular complexity index is 660. The minimum Gasteiger partial charge on any atom is -0.347 e. The van der Waals surface area contributed by atoms with Gasteiger partial charge in [0.15, 0.2) is 5.13 Å². The summed E-state index contributed by atoms with van der Waals surface area (Å²) in [5.41, 5.74) is 1.18. The largest absolute Gasteiger partial charge is 0.347 e. The van der Waals surface area contributed by atoms with Crippen LogP contribution in [0.2, 0.25) is 0 Å². The number of rotatable bonds is 3. The molecule has 23 heavy (non-hydrogen) atoms. The molecule has 0 bridgehead atoms. The highest BCUT2D eigenvalue weighted by Gasteiger charge is 2.41. The molecule has 1 unspecified atom stereocenters. The summed E-state index contributed by atoms with van der Waals surface area (Å²) in [6.07, 6.45) is 5.60. The van der Waals surface area contributed by atoms with Gasteiger partial charge < -0.3 is 4.90 Å². The van der Waals surface area contributed by atoms with E-state index >= 15 is 0 Å². The molecule has 1 spiro atoms. The topological polar surface area (TPSA) is 19.4 Å². The second kappa shape index (κ2) is 6.21. The zero-order valence-corrected chi connectivity index (χ0v) is 14.1. The number of likely N-dealkylation sites (tertiary alicyclic amines) is 1. The van der Waals surface area contributed by atoms with Crippen LogP contribution >= 0.6 is 11.3 Å². The first-order valence-corrected chi connectivity index (χ1v) is 9.22. The standard InChI is InChI=1S/C18H22FN3S/c19-16-5-2-1-4-15(16)12-21-9-3-6-18(13-21)7-10-22(14-18)17-20-8-11-23-17/h1-2,4-5,8,11H,3,6-7,9-10,12-14H2. The van der Waals surface area contributed by atoms with Gasteiger partial charge in [-0.1, -0.05) is 18.2 Å². The normalized spacial score (nSPS) is 25.3. The predicted molar refractivity (Wildman–Crippen MR) is 92.3 cm³/mol. The maximum absolute atomic E-state index is 13.9. The zero-order chi connectivity index (χ0) is 15.7. The van der Waals surface area contributed by atoms with Gasteiger partial charge in [-0.25, -0.2) is 9.37 Å². The van der Waals surface area contributed by atoms with E-state index in [1.54, 1.807) is 23.5 Å². The van der Waals surface area contributed by atoms with E-state index in [1.807, 2.05) is 23.7 Å². The van der Waals surface area contributed by atoms with Crippen molar-refractivity contribution in [3.8, 4) is 0 Å². The fraction of sp³-hybridized carbons (Fsp3) is 0.500. The van der Waals surface area contributed by atoms with Crippen LogP contribution in [0, 0.1) is 11.2 Å². The summed E-state index contributed by atoms with van der Waals surface area (Å²) in [4.78, 5) is 9.32. The van der Waals surface area contributed by atoms with Crippen molar-refractivity contribution in [1.29, 1.82) is 0 Å². The molecule has 2 fully saturated rings. The van der Waals surface area contributed by atoms with Crippen LogP contribution in [0.15, 0.2) is 35.8 Å². The Kier molecular flexibility index (Phi) is 4.07. The molecular formula is C18H22FN3S. The third-order valence-electron chi connectivity index (χ3n) is 5.22. The monoisotopic (exact) mass is 331 g/mol. The second-order valence-corrected chi connectivity index (χ2v) is 7.76. The number of aromatic nitrogens is 1. The lowest BCUT2D eigenvalue weighted by Gasteiger charge is -2.40. The van der Waals surface area contributed by atoms with Gasteiger partial charge in [0.25, 0.3) is 0 Å². The molecule has 4 rings (SSSR count). The first-order chi connectivity index (χ1) is 11.2. The van der Waals surface area contributed by atoms with Gasteiger partial charge in [-0.05, 0) is 31.9 Å². The van der Waals surface area contributed by atoms with Gasteiger partial charge in [-0.3, -0.25) is 4.90 Å². The number of halogens is 1. The van der Waals surface area contributed by atoms with Crippen molar-refractivity contribution >= 4 is 16.5 Å². The van der Waals surface area contributed by atoms with Crippen molar-refractivity contribution in [2.24, 2.45) is 5.41 Å². The molecular weight excluding hydrogens is 309 g/mol. The van der Waals surface area contributed by atoms with E-state index in [-0.39, 0.29) is 5.82 Å². The van der Waals surface area contributed by atoms with Gasteiger partial charge in [0.2, 0.25) is 0 Å². The molecule has 0 saturated carbocycles. The number of anilines is 1. The fourth-order valence-corrected chi connectivity index (χ4v) is 4.79. The number of nitrogens with zero attached hydrogens (tertiary/aromatic N) is 3. The zero-order valence-electron chi connectivity index (χ0n) is 13.2. The second-order valence-electron chi connectivity index (χ2n) is 6.89. The minimum atomic E-state index is -0.0806. The maximum atomic E-state index is 13.9. The van der Waals surface area contributed by atoms with E-state index in [0.717, 1.165) is 43.4 Å². The lowest BCUT2D eigenvalue weighted by atomic mass is 9.79. The quantitative estimate of drug-likeness (QED) is 0.853. The molecule has 2 aromatic rings.